The highest BCUT2D eigenvalue weighted by Crippen LogP contribution is 2.49. The van der Waals surface area contributed by atoms with Crippen LogP contribution in [-0.4, -0.2) is 32.4 Å². The van der Waals surface area contributed by atoms with E-state index in [0.717, 1.165) is 24.0 Å². The lowest BCUT2D eigenvalue weighted by Crippen LogP contribution is -2.28. The zero-order chi connectivity index (χ0) is 19.2. The third-order valence-electron chi connectivity index (χ3n) is 5.08. The maximum atomic E-state index is 12.5. The van der Waals surface area contributed by atoms with E-state index in [9.17, 15) is 9.90 Å². The summed E-state index contributed by atoms with van der Waals surface area (Å²) in [5, 5.41) is 11.5. The predicted octanol–water partition coefficient (Wildman–Crippen LogP) is 3.04. The van der Waals surface area contributed by atoms with Gasteiger partial charge in [-0.2, -0.15) is 0 Å². The standard InChI is InChI=1S/C21H20O6/c1-24-16-10-6-9-14-18(16)20(22)27-21(14,23)15-11-17(25-2)12-7-4-5-8-13(12)19(15)26-3/h5-6,8-11,23H,4,7H2,1-3H3. The molecule has 1 N–H and O–H groups in total. The van der Waals surface area contributed by atoms with Crippen LogP contribution in [-0.2, 0) is 16.9 Å². The Balaban J connectivity index is 2.01. The molecule has 1 heterocycles. The van der Waals surface area contributed by atoms with Gasteiger partial charge < -0.3 is 24.1 Å². The quantitative estimate of drug-likeness (QED) is 0.836. The highest BCUT2D eigenvalue weighted by Gasteiger charge is 2.50. The summed E-state index contributed by atoms with van der Waals surface area (Å²) >= 11 is 0. The minimum Gasteiger partial charge on any atom is -0.496 e. The van der Waals surface area contributed by atoms with Crippen molar-refractivity contribution in [2.75, 3.05) is 21.3 Å². The van der Waals surface area contributed by atoms with Crippen LogP contribution >= 0.6 is 0 Å². The second kappa shape index (κ2) is 6.32. The summed E-state index contributed by atoms with van der Waals surface area (Å²) in [6.45, 7) is 0. The van der Waals surface area contributed by atoms with Crippen molar-refractivity contribution in [3.05, 3.63) is 58.2 Å². The number of fused-ring (bicyclic) bond motifs is 2. The molecule has 2 aliphatic rings. The third-order valence-corrected chi connectivity index (χ3v) is 5.08. The molecule has 1 unspecified atom stereocenters. The van der Waals surface area contributed by atoms with Crippen molar-refractivity contribution < 1.29 is 28.8 Å². The Hall–Kier alpha value is -2.99. The van der Waals surface area contributed by atoms with Crippen LogP contribution in [0.3, 0.4) is 0 Å². The number of hydrogen-bond acceptors (Lipinski definition) is 6. The van der Waals surface area contributed by atoms with Crippen LogP contribution in [0.15, 0.2) is 30.3 Å². The third kappa shape index (κ3) is 2.40. The Labute approximate surface area is 156 Å². The topological polar surface area (TPSA) is 74.2 Å². The molecule has 0 radical (unpaired) electrons. The molecule has 0 saturated carbocycles. The summed E-state index contributed by atoms with van der Waals surface area (Å²) in [6, 6.07) is 6.68. The van der Waals surface area contributed by atoms with Gasteiger partial charge in [-0.25, -0.2) is 4.79 Å². The fourth-order valence-electron chi connectivity index (χ4n) is 3.85. The van der Waals surface area contributed by atoms with Gasteiger partial charge in [0.15, 0.2) is 0 Å². The van der Waals surface area contributed by atoms with E-state index in [1.165, 1.54) is 14.2 Å². The molecule has 6 nitrogen and oxygen atoms in total. The Kier molecular flexibility index (Phi) is 4.08. The molecule has 0 bridgehead atoms. The number of ether oxygens (including phenoxy) is 4. The summed E-state index contributed by atoms with van der Waals surface area (Å²) in [7, 11) is 4.57. The van der Waals surface area contributed by atoms with Crippen molar-refractivity contribution in [3.8, 4) is 17.2 Å². The first-order valence-electron chi connectivity index (χ1n) is 8.63. The Morgan fingerprint density at radius 3 is 2.56 bits per heavy atom. The van der Waals surface area contributed by atoms with E-state index in [2.05, 4.69) is 0 Å². The van der Waals surface area contributed by atoms with Crippen LogP contribution in [0.5, 0.6) is 17.2 Å². The van der Waals surface area contributed by atoms with Crippen LogP contribution in [0.2, 0.25) is 0 Å². The molecule has 1 aliphatic carbocycles. The highest BCUT2D eigenvalue weighted by atomic mass is 16.7. The zero-order valence-corrected chi connectivity index (χ0v) is 15.4. The number of esters is 1. The summed E-state index contributed by atoms with van der Waals surface area (Å²) < 4.78 is 21.9. The first-order chi connectivity index (χ1) is 13.0. The maximum absolute atomic E-state index is 12.5. The normalized spacial score (nSPS) is 19.9. The van der Waals surface area contributed by atoms with E-state index in [1.54, 1.807) is 31.4 Å². The fraction of sp³-hybridized carbons (Fsp3) is 0.286. The molecular weight excluding hydrogens is 348 g/mol. The van der Waals surface area contributed by atoms with Gasteiger partial charge in [0.2, 0.25) is 0 Å². The monoisotopic (exact) mass is 368 g/mol. The molecule has 1 atom stereocenters. The average molecular weight is 368 g/mol. The molecule has 0 spiro atoms. The van der Waals surface area contributed by atoms with Gasteiger partial charge in [0, 0.05) is 16.7 Å². The Bertz CT molecular complexity index is 962. The maximum Gasteiger partial charge on any atom is 0.345 e. The van der Waals surface area contributed by atoms with Gasteiger partial charge in [-0.15, -0.1) is 0 Å². The van der Waals surface area contributed by atoms with Crippen LogP contribution in [0.4, 0.5) is 0 Å². The number of cyclic esters (lactones) is 1. The lowest BCUT2D eigenvalue weighted by Gasteiger charge is -2.28. The summed E-state index contributed by atoms with van der Waals surface area (Å²) in [6.07, 6.45) is 5.67. The van der Waals surface area contributed by atoms with Crippen LogP contribution in [0.25, 0.3) is 6.08 Å². The van der Waals surface area contributed by atoms with Gasteiger partial charge in [-0.05, 0) is 25.0 Å². The Morgan fingerprint density at radius 2 is 1.85 bits per heavy atom. The van der Waals surface area contributed by atoms with E-state index in [0.29, 0.717) is 28.4 Å². The number of methoxy groups -OCH3 is 3. The van der Waals surface area contributed by atoms with Crippen molar-refractivity contribution in [2.45, 2.75) is 18.6 Å². The molecule has 0 amide bonds. The lowest BCUT2D eigenvalue weighted by atomic mass is 9.88. The number of hydrogen-bond donors (Lipinski definition) is 1. The first-order valence-corrected chi connectivity index (χ1v) is 8.63. The van der Waals surface area contributed by atoms with Crippen LogP contribution in [0.1, 0.15) is 39.0 Å². The largest absolute Gasteiger partial charge is 0.496 e. The molecule has 2 aromatic rings. The minimum absolute atomic E-state index is 0.205. The molecule has 0 aromatic heterocycles. The van der Waals surface area contributed by atoms with Crippen molar-refractivity contribution in [1.82, 2.24) is 0 Å². The van der Waals surface area contributed by atoms with Crippen molar-refractivity contribution in [3.63, 3.8) is 0 Å². The molecule has 140 valence electrons. The Morgan fingerprint density at radius 1 is 1.07 bits per heavy atom. The van der Waals surface area contributed by atoms with Gasteiger partial charge >= 0.3 is 5.97 Å². The number of aliphatic hydroxyl groups is 1. The number of benzene rings is 2. The van der Waals surface area contributed by atoms with Gasteiger partial charge in [-0.3, -0.25) is 0 Å². The molecule has 4 rings (SSSR count). The molecule has 2 aromatic carbocycles. The van der Waals surface area contributed by atoms with Crippen molar-refractivity contribution >= 4 is 12.0 Å². The number of carbonyl (C=O) groups is 1. The highest BCUT2D eigenvalue weighted by molar-refractivity contribution is 5.98. The summed E-state index contributed by atoms with van der Waals surface area (Å²) in [5.74, 6) is -1.24. The van der Waals surface area contributed by atoms with Crippen LogP contribution < -0.4 is 14.2 Å². The molecule has 0 saturated heterocycles. The first kappa shape index (κ1) is 17.4. The van der Waals surface area contributed by atoms with Gasteiger partial charge in [0.1, 0.15) is 22.8 Å². The zero-order valence-electron chi connectivity index (χ0n) is 15.4. The van der Waals surface area contributed by atoms with Crippen LogP contribution in [0, 0.1) is 0 Å². The summed E-state index contributed by atoms with van der Waals surface area (Å²) in [4.78, 5) is 12.5. The van der Waals surface area contributed by atoms with E-state index in [1.807, 2.05) is 12.2 Å². The van der Waals surface area contributed by atoms with Crippen molar-refractivity contribution in [1.29, 1.82) is 0 Å². The fourth-order valence-corrected chi connectivity index (χ4v) is 3.85. The SMILES string of the molecule is COc1cc(C2(O)OC(=O)c3c(OC)cccc32)c(OC)c2c1CCC=C2. The molecule has 6 heteroatoms. The smallest absolute Gasteiger partial charge is 0.345 e. The second-order valence-corrected chi connectivity index (χ2v) is 6.41. The van der Waals surface area contributed by atoms with E-state index in [4.69, 9.17) is 18.9 Å². The number of allylic oxidation sites excluding steroid dienone is 1. The van der Waals surface area contributed by atoms with E-state index < -0.39 is 11.8 Å². The average Bonchev–Trinajstić information content (AvgIpc) is 2.98. The van der Waals surface area contributed by atoms with Gasteiger partial charge in [0.05, 0.1) is 26.9 Å². The minimum atomic E-state index is -2.00. The molecule has 1 aliphatic heterocycles. The van der Waals surface area contributed by atoms with E-state index in [-0.39, 0.29) is 5.56 Å². The van der Waals surface area contributed by atoms with Gasteiger partial charge in [-0.1, -0.05) is 24.3 Å². The number of rotatable bonds is 4. The van der Waals surface area contributed by atoms with E-state index >= 15 is 0 Å². The molecular formula is C21H20O6. The molecule has 27 heavy (non-hydrogen) atoms. The summed E-state index contributed by atoms with van der Waals surface area (Å²) in [5.41, 5.74) is 2.65. The van der Waals surface area contributed by atoms with Crippen molar-refractivity contribution in [2.24, 2.45) is 0 Å². The number of carbonyl (C=O) groups excluding carboxylic acids is 1. The second-order valence-electron chi connectivity index (χ2n) is 6.41. The molecule has 0 fully saturated rings. The van der Waals surface area contributed by atoms with Gasteiger partial charge in [0.25, 0.3) is 5.79 Å². The lowest BCUT2D eigenvalue weighted by molar-refractivity contribution is -0.130. The predicted molar refractivity (Wildman–Crippen MR) is 98.3 cm³/mol.